The summed E-state index contributed by atoms with van der Waals surface area (Å²) in [5.41, 5.74) is 7.50. The molecule has 2 aromatic rings. The van der Waals surface area contributed by atoms with Crippen LogP contribution >= 0.6 is 0 Å². The summed E-state index contributed by atoms with van der Waals surface area (Å²) in [7, 11) is -3.61. The molecule has 1 amide bonds. The van der Waals surface area contributed by atoms with Crippen LogP contribution in [0.15, 0.2) is 41.1 Å². The normalized spacial score (nSPS) is 15.3. The van der Waals surface area contributed by atoms with E-state index in [1.54, 1.807) is 36.7 Å². The van der Waals surface area contributed by atoms with Crippen molar-refractivity contribution < 1.29 is 17.9 Å². The van der Waals surface area contributed by atoms with Crippen molar-refractivity contribution in [3.8, 4) is 5.75 Å². The molecule has 3 rings (SSSR count). The molecule has 0 spiro atoms. The Labute approximate surface area is 163 Å². The first-order valence-electron chi connectivity index (χ1n) is 8.64. The van der Waals surface area contributed by atoms with E-state index in [1.165, 1.54) is 0 Å². The summed E-state index contributed by atoms with van der Waals surface area (Å²) in [6.07, 6.45) is 3.20. The lowest BCUT2D eigenvalue weighted by molar-refractivity contribution is 0.0880. The van der Waals surface area contributed by atoms with Gasteiger partial charge in [-0.15, -0.1) is 4.40 Å². The summed E-state index contributed by atoms with van der Waals surface area (Å²) in [5.74, 6) is -0.111. The fraction of sp³-hybridized carbons (Fsp3) is 0.316. The first kappa shape index (κ1) is 19.8. The van der Waals surface area contributed by atoms with E-state index >= 15 is 0 Å². The standard InChI is InChI=1S/C19H22N4O4S/c1-12-9-21-8-7-14(12)18(24)22-19(2,3)11-27-15-6-4-5-13-10-28(25,26)23-17(20)16(13)15/h4-9H,10-11H2,1-3H3,(H2,20,23)(H,22,24). The number of amidine groups is 1. The van der Waals surface area contributed by atoms with Crippen molar-refractivity contribution in [2.24, 2.45) is 10.1 Å². The van der Waals surface area contributed by atoms with Gasteiger partial charge in [-0.2, -0.15) is 0 Å². The number of nitrogens with two attached hydrogens (primary N) is 1. The third-order valence-electron chi connectivity index (χ3n) is 4.25. The Kier molecular flexibility index (Phi) is 5.12. The van der Waals surface area contributed by atoms with Crippen LogP contribution in [0.3, 0.4) is 0 Å². The zero-order valence-electron chi connectivity index (χ0n) is 15.9. The van der Waals surface area contributed by atoms with Gasteiger partial charge in [-0.1, -0.05) is 12.1 Å². The lowest BCUT2D eigenvalue weighted by atomic mass is 10.0. The van der Waals surface area contributed by atoms with Gasteiger partial charge in [0.2, 0.25) is 0 Å². The molecule has 9 heteroatoms. The van der Waals surface area contributed by atoms with Gasteiger partial charge < -0.3 is 15.8 Å². The highest BCUT2D eigenvalue weighted by molar-refractivity contribution is 7.89. The molecule has 0 aliphatic carbocycles. The number of rotatable bonds is 5. The second kappa shape index (κ2) is 7.23. The third-order valence-corrected chi connectivity index (χ3v) is 5.40. The van der Waals surface area contributed by atoms with Crippen molar-refractivity contribution in [3.63, 3.8) is 0 Å². The van der Waals surface area contributed by atoms with E-state index in [-0.39, 0.29) is 24.1 Å². The van der Waals surface area contributed by atoms with Crippen LogP contribution in [0.1, 0.15) is 40.9 Å². The van der Waals surface area contributed by atoms with Crippen LogP contribution in [0.5, 0.6) is 5.75 Å². The molecule has 148 valence electrons. The molecule has 3 N–H and O–H groups in total. The zero-order valence-corrected chi connectivity index (χ0v) is 16.7. The average molecular weight is 402 g/mol. The summed E-state index contributed by atoms with van der Waals surface area (Å²) in [5, 5.41) is 2.94. The Bertz CT molecular complexity index is 1060. The lowest BCUT2D eigenvalue weighted by Crippen LogP contribution is -2.48. The maximum absolute atomic E-state index is 12.5. The molecule has 1 aliphatic rings. The second-order valence-electron chi connectivity index (χ2n) is 7.31. The van der Waals surface area contributed by atoms with Crippen molar-refractivity contribution in [1.29, 1.82) is 0 Å². The molecule has 28 heavy (non-hydrogen) atoms. The highest BCUT2D eigenvalue weighted by Crippen LogP contribution is 2.28. The summed E-state index contributed by atoms with van der Waals surface area (Å²) >= 11 is 0. The molecule has 0 saturated carbocycles. The van der Waals surface area contributed by atoms with E-state index in [0.717, 1.165) is 5.56 Å². The minimum Gasteiger partial charge on any atom is -0.490 e. The molecule has 0 fully saturated rings. The summed E-state index contributed by atoms with van der Waals surface area (Å²) in [4.78, 5) is 16.5. The number of sulfonamides is 1. The van der Waals surface area contributed by atoms with Crippen LogP contribution in [0.2, 0.25) is 0 Å². The number of nitrogens with zero attached hydrogens (tertiary/aromatic N) is 2. The minimum absolute atomic E-state index is 0.0916. The molecule has 0 unspecified atom stereocenters. The van der Waals surface area contributed by atoms with Crippen LogP contribution in [0.4, 0.5) is 0 Å². The number of benzene rings is 1. The molecule has 0 saturated heterocycles. The summed E-state index contributed by atoms with van der Waals surface area (Å²) in [6.45, 7) is 5.63. The van der Waals surface area contributed by atoms with Crippen molar-refractivity contribution in [3.05, 3.63) is 58.9 Å². The van der Waals surface area contributed by atoms with Crippen LogP contribution in [-0.2, 0) is 15.8 Å². The number of pyridine rings is 1. The number of hydrogen-bond acceptors (Lipinski definition) is 6. The highest BCUT2D eigenvalue weighted by Gasteiger charge is 2.27. The molecule has 2 heterocycles. The molecule has 8 nitrogen and oxygen atoms in total. The predicted molar refractivity (Wildman–Crippen MR) is 106 cm³/mol. The number of carbonyl (C=O) groups is 1. The second-order valence-corrected chi connectivity index (χ2v) is 8.95. The molecule has 1 aromatic carbocycles. The zero-order chi connectivity index (χ0) is 20.5. The van der Waals surface area contributed by atoms with E-state index < -0.39 is 15.6 Å². The number of aromatic nitrogens is 1. The summed E-state index contributed by atoms with van der Waals surface area (Å²) in [6, 6.07) is 6.74. The molecule has 0 radical (unpaired) electrons. The number of amides is 1. The smallest absolute Gasteiger partial charge is 0.259 e. The molecule has 1 aromatic heterocycles. The van der Waals surface area contributed by atoms with E-state index in [2.05, 4.69) is 14.7 Å². The monoisotopic (exact) mass is 402 g/mol. The SMILES string of the molecule is Cc1cnccc1C(=O)NC(C)(C)COc1cccc2c1C(N)=NS(=O)(=O)C2. The topological polar surface area (TPSA) is 124 Å². The molecule has 0 bridgehead atoms. The number of carbonyl (C=O) groups excluding carboxylic acids is 1. The van der Waals surface area contributed by atoms with Gasteiger partial charge in [-0.05, 0) is 44.0 Å². The van der Waals surface area contributed by atoms with Gasteiger partial charge in [0.15, 0.2) is 0 Å². The van der Waals surface area contributed by atoms with Gasteiger partial charge in [0.1, 0.15) is 18.2 Å². The highest BCUT2D eigenvalue weighted by atomic mass is 32.2. The number of ether oxygens (including phenoxy) is 1. The molecular weight excluding hydrogens is 380 g/mol. The van der Waals surface area contributed by atoms with Gasteiger partial charge in [0, 0.05) is 18.0 Å². The Morgan fingerprint density at radius 1 is 1.32 bits per heavy atom. The van der Waals surface area contributed by atoms with Gasteiger partial charge in [0.05, 0.1) is 16.9 Å². The Morgan fingerprint density at radius 3 is 2.79 bits per heavy atom. The third kappa shape index (κ3) is 4.30. The van der Waals surface area contributed by atoms with Gasteiger partial charge >= 0.3 is 0 Å². The maximum Gasteiger partial charge on any atom is 0.259 e. The van der Waals surface area contributed by atoms with Gasteiger partial charge in [-0.3, -0.25) is 9.78 Å². The average Bonchev–Trinajstić information content (AvgIpc) is 2.58. The number of nitrogens with one attached hydrogen (secondary N) is 1. The van der Waals surface area contributed by atoms with Crippen LogP contribution < -0.4 is 15.8 Å². The van der Waals surface area contributed by atoms with Crippen molar-refractivity contribution in [2.75, 3.05) is 6.61 Å². The Balaban J connectivity index is 1.76. The fourth-order valence-electron chi connectivity index (χ4n) is 2.93. The van der Waals surface area contributed by atoms with E-state index in [0.29, 0.717) is 22.4 Å². The fourth-order valence-corrected chi connectivity index (χ4v) is 4.02. The largest absolute Gasteiger partial charge is 0.490 e. The Morgan fingerprint density at radius 2 is 2.07 bits per heavy atom. The number of aryl methyl sites for hydroxylation is 1. The van der Waals surface area contributed by atoms with E-state index in [9.17, 15) is 13.2 Å². The number of hydrogen-bond donors (Lipinski definition) is 2. The van der Waals surface area contributed by atoms with Gasteiger partial charge in [-0.25, -0.2) is 8.42 Å². The van der Waals surface area contributed by atoms with Gasteiger partial charge in [0.25, 0.3) is 15.9 Å². The van der Waals surface area contributed by atoms with Crippen LogP contribution in [-0.4, -0.2) is 37.3 Å². The molecular formula is C19H22N4O4S. The van der Waals surface area contributed by atoms with Crippen molar-refractivity contribution >= 4 is 21.8 Å². The van der Waals surface area contributed by atoms with E-state index in [1.807, 2.05) is 20.8 Å². The predicted octanol–water partition coefficient (Wildman–Crippen LogP) is 1.53. The Hall–Kier alpha value is -2.94. The quantitative estimate of drug-likeness (QED) is 0.782. The lowest BCUT2D eigenvalue weighted by Gasteiger charge is -2.28. The van der Waals surface area contributed by atoms with Crippen molar-refractivity contribution in [1.82, 2.24) is 10.3 Å². The van der Waals surface area contributed by atoms with Crippen LogP contribution in [0, 0.1) is 6.92 Å². The minimum atomic E-state index is -3.61. The van der Waals surface area contributed by atoms with E-state index in [4.69, 9.17) is 10.5 Å². The molecule has 0 atom stereocenters. The maximum atomic E-state index is 12.5. The van der Waals surface area contributed by atoms with Crippen LogP contribution in [0.25, 0.3) is 0 Å². The van der Waals surface area contributed by atoms with Crippen molar-refractivity contribution in [2.45, 2.75) is 32.1 Å². The first-order chi connectivity index (χ1) is 13.1. The number of fused-ring (bicyclic) bond motifs is 1. The first-order valence-corrected chi connectivity index (χ1v) is 10.3. The molecule has 1 aliphatic heterocycles. The summed E-state index contributed by atoms with van der Waals surface area (Å²) < 4.78 is 33.0.